The van der Waals surface area contributed by atoms with Crippen LogP contribution in [-0.4, -0.2) is 48.4 Å². The van der Waals surface area contributed by atoms with Crippen molar-refractivity contribution in [2.24, 2.45) is 0 Å². The van der Waals surface area contributed by atoms with E-state index in [0.717, 1.165) is 0 Å². The number of amides is 2. The summed E-state index contributed by atoms with van der Waals surface area (Å²) in [5.74, 6) is 1.94. The standard InChI is InChI=1S/C20H23N5O4/c1-5-21-20(26)25-16-10-8-13-19(24-16)23-14(11-22-13)12-7-9-15(27-3)18(29-6-2)17(12)28-4/h7-11H,5-6H2,1-4H3,(H2,21,23,24,25,26). The average molecular weight is 397 g/mol. The number of anilines is 1. The van der Waals surface area contributed by atoms with Gasteiger partial charge in [-0.3, -0.25) is 10.3 Å². The lowest BCUT2D eigenvalue weighted by molar-refractivity contribution is 0.252. The number of carbonyl (C=O) groups excluding carboxylic acids is 1. The van der Waals surface area contributed by atoms with E-state index in [2.05, 4.69) is 25.6 Å². The van der Waals surface area contributed by atoms with E-state index in [1.807, 2.05) is 19.9 Å². The van der Waals surface area contributed by atoms with Crippen LogP contribution in [0.15, 0.2) is 30.5 Å². The third-order valence-electron chi connectivity index (χ3n) is 4.05. The van der Waals surface area contributed by atoms with Gasteiger partial charge in [0, 0.05) is 12.1 Å². The molecule has 9 heteroatoms. The third kappa shape index (κ3) is 4.29. The van der Waals surface area contributed by atoms with Crippen LogP contribution >= 0.6 is 0 Å². The molecule has 0 spiro atoms. The fourth-order valence-corrected chi connectivity index (χ4v) is 2.81. The number of aromatic nitrogens is 3. The minimum absolute atomic E-state index is 0.332. The van der Waals surface area contributed by atoms with Gasteiger partial charge in [-0.15, -0.1) is 0 Å². The molecule has 152 valence electrons. The van der Waals surface area contributed by atoms with E-state index in [0.29, 0.717) is 58.6 Å². The molecule has 0 bridgehead atoms. The highest BCUT2D eigenvalue weighted by molar-refractivity contribution is 5.89. The Labute approximate surface area is 168 Å². The van der Waals surface area contributed by atoms with Crippen LogP contribution in [0.2, 0.25) is 0 Å². The maximum Gasteiger partial charge on any atom is 0.320 e. The summed E-state index contributed by atoms with van der Waals surface area (Å²) in [4.78, 5) is 25.2. The van der Waals surface area contributed by atoms with Crippen molar-refractivity contribution in [3.05, 3.63) is 30.5 Å². The van der Waals surface area contributed by atoms with Crippen LogP contribution < -0.4 is 24.8 Å². The third-order valence-corrected chi connectivity index (χ3v) is 4.05. The van der Waals surface area contributed by atoms with Crippen LogP contribution in [0.1, 0.15) is 13.8 Å². The summed E-state index contributed by atoms with van der Waals surface area (Å²) in [7, 11) is 3.13. The lowest BCUT2D eigenvalue weighted by atomic mass is 10.1. The highest BCUT2D eigenvalue weighted by atomic mass is 16.5. The number of ether oxygens (including phenoxy) is 3. The smallest absolute Gasteiger partial charge is 0.320 e. The zero-order chi connectivity index (χ0) is 20.8. The van der Waals surface area contributed by atoms with Crippen molar-refractivity contribution >= 4 is 23.0 Å². The summed E-state index contributed by atoms with van der Waals surface area (Å²) < 4.78 is 16.7. The van der Waals surface area contributed by atoms with Gasteiger partial charge in [0.25, 0.3) is 0 Å². The average Bonchev–Trinajstić information content (AvgIpc) is 2.73. The molecular formula is C20H23N5O4. The topological polar surface area (TPSA) is 107 Å². The maximum absolute atomic E-state index is 11.7. The normalized spacial score (nSPS) is 10.5. The van der Waals surface area contributed by atoms with Crippen molar-refractivity contribution in [1.82, 2.24) is 20.3 Å². The molecule has 2 amide bonds. The number of hydrogen-bond donors (Lipinski definition) is 2. The predicted molar refractivity (Wildman–Crippen MR) is 110 cm³/mol. The van der Waals surface area contributed by atoms with Gasteiger partial charge in [-0.05, 0) is 38.1 Å². The van der Waals surface area contributed by atoms with Gasteiger partial charge >= 0.3 is 6.03 Å². The number of methoxy groups -OCH3 is 2. The summed E-state index contributed by atoms with van der Waals surface area (Å²) >= 11 is 0. The first-order valence-corrected chi connectivity index (χ1v) is 9.18. The molecule has 0 unspecified atom stereocenters. The Hall–Kier alpha value is -3.62. The molecule has 0 aliphatic heterocycles. The molecule has 0 atom stereocenters. The zero-order valence-corrected chi connectivity index (χ0v) is 16.8. The van der Waals surface area contributed by atoms with Gasteiger partial charge in [0.15, 0.2) is 17.1 Å². The molecule has 9 nitrogen and oxygen atoms in total. The van der Waals surface area contributed by atoms with Gasteiger partial charge in [-0.1, -0.05) is 0 Å². The largest absolute Gasteiger partial charge is 0.493 e. The number of nitrogens with zero attached hydrogens (tertiary/aromatic N) is 3. The van der Waals surface area contributed by atoms with Crippen LogP contribution in [0.3, 0.4) is 0 Å². The lowest BCUT2D eigenvalue weighted by Crippen LogP contribution is -2.28. The number of nitrogens with one attached hydrogen (secondary N) is 2. The molecule has 1 aromatic carbocycles. The summed E-state index contributed by atoms with van der Waals surface area (Å²) in [6.45, 7) is 4.69. The first kappa shape index (κ1) is 20.1. The number of benzene rings is 1. The second-order valence-electron chi connectivity index (χ2n) is 5.89. The first-order chi connectivity index (χ1) is 14.1. The fraction of sp³-hybridized carbons (Fsp3) is 0.300. The van der Waals surface area contributed by atoms with Crippen LogP contribution in [0.5, 0.6) is 17.2 Å². The molecule has 0 aliphatic carbocycles. The molecule has 0 radical (unpaired) electrons. The Kier molecular flexibility index (Phi) is 6.28. The SMILES string of the molecule is CCNC(=O)Nc1ccc2ncc(-c3ccc(OC)c(OCC)c3OC)nc2n1. The van der Waals surface area contributed by atoms with Gasteiger partial charge < -0.3 is 19.5 Å². The van der Waals surface area contributed by atoms with Crippen molar-refractivity contribution < 1.29 is 19.0 Å². The molecular weight excluding hydrogens is 374 g/mol. The molecule has 2 N–H and O–H groups in total. The lowest BCUT2D eigenvalue weighted by Gasteiger charge is -2.16. The van der Waals surface area contributed by atoms with E-state index >= 15 is 0 Å². The zero-order valence-electron chi connectivity index (χ0n) is 16.8. The fourth-order valence-electron chi connectivity index (χ4n) is 2.81. The minimum Gasteiger partial charge on any atom is -0.493 e. The Morgan fingerprint density at radius 2 is 1.86 bits per heavy atom. The second kappa shape index (κ2) is 9.05. The van der Waals surface area contributed by atoms with Crippen molar-refractivity contribution in [2.75, 3.05) is 32.7 Å². The van der Waals surface area contributed by atoms with Crippen molar-refractivity contribution in [2.45, 2.75) is 13.8 Å². The summed E-state index contributed by atoms with van der Waals surface area (Å²) in [5, 5.41) is 5.32. The van der Waals surface area contributed by atoms with Gasteiger partial charge in [-0.25, -0.2) is 14.8 Å². The Bertz CT molecular complexity index is 1030. The summed E-state index contributed by atoms with van der Waals surface area (Å²) in [6, 6.07) is 6.70. The molecule has 0 saturated carbocycles. The number of hydrogen-bond acceptors (Lipinski definition) is 7. The number of rotatable bonds is 7. The highest BCUT2D eigenvalue weighted by Gasteiger charge is 2.19. The number of urea groups is 1. The molecule has 3 aromatic rings. The van der Waals surface area contributed by atoms with Crippen LogP contribution in [-0.2, 0) is 0 Å². The van der Waals surface area contributed by atoms with E-state index in [-0.39, 0.29) is 6.03 Å². The highest BCUT2D eigenvalue weighted by Crippen LogP contribution is 2.44. The van der Waals surface area contributed by atoms with E-state index in [9.17, 15) is 4.79 Å². The Morgan fingerprint density at radius 1 is 1.03 bits per heavy atom. The second-order valence-corrected chi connectivity index (χ2v) is 5.89. The first-order valence-electron chi connectivity index (χ1n) is 9.18. The molecule has 29 heavy (non-hydrogen) atoms. The van der Waals surface area contributed by atoms with E-state index in [4.69, 9.17) is 14.2 Å². The monoisotopic (exact) mass is 397 g/mol. The molecule has 0 fully saturated rings. The van der Waals surface area contributed by atoms with E-state index in [1.54, 1.807) is 38.6 Å². The van der Waals surface area contributed by atoms with E-state index < -0.39 is 0 Å². The quantitative estimate of drug-likeness (QED) is 0.630. The maximum atomic E-state index is 11.7. The van der Waals surface area contributed by atoms with Crippen molar-refractivity contribution in [1.29, 1.82) is 0 Å². The van der Waals surface area contributed by atoms with Gasteiger partial charge in [0.1, 0.15) is 11.3 Å². The van der Waals surface area contributed by atoms with Crippen molar-refractivity contribution in [3.8, 4) is 28.5 Å². The molecule has 0 aliphatic rings. The molecule has 2 aromatic heterocycles. The van der Waals surface area contributed by atoms with E-state index in [1.165, 1.54) is 0 Å². The predicted octanol–water partition coefficient (Wildman–Crippen LogP) is 3.25. The number of pyridine rings is 1. The van der Waals surface area contributed by atoms with Gasteiger partial charge in [-0.2, -0.15) is 0 Å². The molecule has 3 rings (SSSR count). The van der Waals surface area contributed by atoms with Gasteiger partial charge in [0.05, 0.1) is 32.7 Å². The summed E-state index contributed by atoms with van der Waals surface area (Å²) in [5.41, 5.74) is 2.25. The van der Waals surface area contributed by atoms with Crippen LogP contribution in [0, 0.1) is 0 Å². The number of carbonyl (C=O) groups is 1. The number of fused-ring (bicyclic) bond motifs is 1. The Balaban J connectivity index is 2.05. The minimum atomic E-state index is -0.332. The van der Waals surface area contributed by atoms with Gasteiger partial charge in [0.2, 0.25) is 5.75 Å². The molecule has 0 saturated heterocycles. The summed E-state index contributed by atoms with van der Waals surface area (Å²) in [6.07, 6.45) is 1.64. The van der Waals surface area contributed by atoms with Crippen LogP contribution in [0.25, 0.3) is 22.4 Å². The van der Waals surface area contributed by atoms with Crippen molar-refractivity contribution in [3.63, 3.8) is 0 Å². The van der Waals surface area contributed by atoms with Crippen LogP contribution in [0.4, 0.5) is 10.6 Å². The molecule has 2 heterocycles. The Morgan fingerprint density at radius 3 is 2.55 bits per heavy atom.